The summed E-state index contributed by atoms with van der Waals surface area (Å²) in [5.74, 6) is -0.129. The zero-order chi connectivity index (χ0) is 19.8. The molecule has 0 radical (unpaired) electrons. The third kappa shape index (κ3) is 4.18. The molecule has 0 spiro atoms. The van der Waals surface area contributed by atoms with Crippen LogP contribution < -0.4 is 0 Å². The number of fused-ring (bicyclic) bond motifs is 1. The van der Waals surface area contributed by atoms with Crippen LogP contribution in [0, 0.1) is 12.8 Å². The van der Waals surface area contributed by atoms with E-state index < -0.39 is 17.7 Å². The summed E-state index contributed by atoms with van der Waals surface area (Å²) in [4.78, 5) is 26.8. The largest absolute Gasteiger partial charge is 0.467 e. The van der Waals surface area contributed by atoms with Gasteiger partial charge in [-0.3, -0.25) is 4.90 Å². The van der Waals surface area contributed by atoms with E-state index in [2.05, 4.69) is 37.3 Å². The van der Waals surface area contributed by atoms with Gasteiger partial charge in [-0.25, -0.2) is 9.59 Å². The molecule has 1 heterocycles. The van der Waals surface area contributed by atoms with Gasteiger partial charge in [0.2, 0.25) is 0 Å². The van der Waals surface area contributed by atoms with Gasteiger partial charge in [0.15, 0.2) is 0 Å². The maximum atomic E-state index is 12.9. The smallest absolute Gasteiger partial charge is 0.411 e. The second-order valence-electron chi connectivity index (χ2n) is 8.51. The number of carbonyl (C=O) groups is 2. The highest BCUT2D eigenvalue weighted by Gasteiger charge is 2.49. The molecule has 0 N–H and O–H groups in total. The zero-order valence-corrected chi connectivity index (χ0v) is 16.8. The Morgan fingerprint density at radius 3 is 2.59 bits per heavy atom. The summed E-state index contributed by atoms with van der Waals surface area (Å²) in [5.41, 5.74) is 2.99. The number of nitrogens with zero attached hydrogens (tertiary/aromatic N) is 1. The van der Waals surface area contributed by atoms with Crippen LogP contribution >= 0.6 is 0 Å². The van der Waals surface area contributed by atoms with E-state index in [1.54, 1.807) is 4.90 Å². The first-order valence-corrected chi connectivity index (χ1v) is 9.56. The molecule has 1 aromatic carbocycles. The maximum Gasteiger partial charge on any atom is 0.411 e. The molecule has 1 aliphatic heterocycles. The van der Waals surface area contributed by atoms with E-state index in [0.717, 1.165) is 12.8 Å². The van der Waals surface area contributed by atoms with Crippen LogP contribution in [0.3, 0.4) is 0 Å². The highest BCUT2D eigenvalue weighted by molar-refractivity contribution is 5.83. The molecule has 0 unspecified atom stereocenters. The predicted molar refractivity (Wildman–Crippen MR) is 104 cm³/mol. The molecular formula is C22H29NO4. The first-order chi connectivity index (χ1) is 12.7. The number of carbonyl (C=O) groups excluding carboxylic acids is 2. The van der Waals surface area contributed by atoms with Crippen LogP contribution in [0.15, 0.2) is 30.3 Å². The lowest BCUT2D eigenvalue weighted by atomic mass is 9.83. The average Bonchev–Trinajstić information content (AvgIpc) is 2.98. The van der Waals surface area contributed by atoms with Gasteiger partial charge in [-0.05, 0) is 64.0 Å². The monoisotopic (exact) mass is 371 g/mol. The molecule has 27 heavy (non-hydrogen) atoms. The predicted octanol–water partition coefficient (Wildman–Crippen LogP) is 4.34. The van der Waals surface area contributed by atoms with Crippen molar-refractivity contribution in [2.45, 2.75) is 64.6 Å². The van der Waals surface area contributed by atoms with E-state index in [0.29, 0.717) is 6.42 Å². The summed E-state index contributed by atoms with van der Waals surface area (Å²) < 4.78 is 10.6. The van der Waals surface area contributed by atoms with E-state index in [9.17, 15) is 9.59 Å². The topological polar surface area (TPSA) is 55.8 Å². The number of amides is 1. The minimum atomic E-state index is -0.617. The Kier molecular flexibility index (Phi) is 5.31. The summed E-state index contributed by atoms with van der Waals surface area (Å²) in [6, 6.07) is 7.65. The van der Waals surface area contributed by atoms with Crippen molar-refractivity contribution in [2.75, 3.05) is 7.11 Å². The highest BCUT2D eigenvalue weighted by Crippen LogP contribution is 2.42. The van der Waals surface area contributed by atoms with Crippen LogP contribution in [-0.2, 0) is 14.3 Å². The van der Waals surface area contributed by atoms with Gasteiger partial charge in [0.25, 0.3) is 0 Å². The van der Waals surface area contributed by atoms with Crippen molar-refractivity contribution in [2.24, 2.45) is 5.92 Å². The lowest BCUT2D eigenvalue weighted by molar-refractivity contribution is -0.146. The van der Waals surface area contributed by atoms with Crippen molar-refractivity contribution in [3.63, 3.8) is 0 Å². The summed E-state index contributed by atoms with van der Waals surface area (Å²) in [6.45, 7) is 7.58. The number of hydrogen-bond acceptors (Lipinski definition) is 4. The lowest BCUT2D eigenvalue weighted by Gasteiger charge is -2.33. The third-order valence-corrected chi connectivity index (χ3v) is 5.29. The molecule has 5 heteroatoms. The number of hydrogen-bond donors (Lipinski definition) is 0. The Bertz CT molecular complexity index is 762. The number of likely N-dealkylation sites (tertiary alicyclic amines) is 1. The summed E-state index contributed by atoms with van der Waals surface area (Å²) in [5, 5.41) is 0. The van der Waals surface area contributed by atoms with Crippen molar-refractivity contribution in [1.29, 1.82) is 0 Å². The van der Waals surface area contributed by atoms with Crippen LogP contribution in [0.5, 0.6) is 0 Å². The van der Waals surface area contributed by atoms with E-state index in [4.69, 9.17) is 9.47 Å². The lowest BCUT2D eigenvalue weighted by Crippen LogP contribution is -2.48. The SMILES string of the molecule is COC(=O)[C@@H]1C[C@@H]2CCC(c3cccc(C)c3)=C[C@@H]2N1C(=O)OC(C)(C)C. The molecule has 1 fully saturated rings. The molecule has 2 aliphatic rings. The zero-order valence-electron chi connectivity index (χ0n) is 16.8. The normalized spacial score (nSPS) is 24.9. The fourth-order valence-corrected chi connectivity index (χ4v) is 4.10. The minimum absolute atomic E-state index is 0.145. The Morgan fingerprint density at radius 2 is 1.96 bits per heavy atom. The Labute approximate surface area is 161 Å². The van der Waals surface area contributed by atoms with Crippen molar-refractivity contribution < 1.29 is 19.1 Å². The fraction of sp³-hybridized carbons (Fsp3) is 0.545. The number of aryl methyl sites for hydroxylation is 1. The quantitative estimate of drug-likeness (QED) is 0.726. The Balaban J connectivity index is 1.95. The summed E-state index contributed by atoms with van der Waals surface area (Å²) in [6.07, 6.45) is 4.20. The number of esters is 1. The number of rotatable bonds is 2. The van der Waals surface area contributed by atoms with Crippen LogP contribution in [0.2, 0.25) is 0 Å². The Morgan fingerprint density at radius 1 is 1.22 bits per heavy atom. The van der Waals surface area contributed by atoms with Crippen molar-refractivity contribution in [3.05, 3.63) is 41.5 Å². The molecule has 1 aromatic rings. The number of methoxy groups -OCH3 is 1. The number of allylic oxidation sites excluding steroid dienone is 1. The highest BCUT2D eigenvalue weighted by atomic mass is 16.6. The van der Waals surface area contributed by atoms with E-state index in [1.807, 2.05) is 20.8 Å². The van der Waals surface area contributed by atoms with Gasteiger partial charge in [0, 0.05) is 0 Å². The molecule has 0 bridgehead atoms. The molecule has 146 valence electrons. The number of benzene rings is 1. The molecule has 5 nitrogen and oxygen atoms in total. The van der Waals surface area contributed by atoms with Crippen molar-refractivity contribution in [3.8, 4) is 0 Å². The van der Waals surface area contributed by atoms with Crippen LogP contribution in [0.1, 0.15) is 51.2 Å². The van der Waals surface area contributed by atoms with Gasteiger partial charge in [-0.2, -0.15) is 0 Å². The molecule has 3 rings (SSSR count). The molecule has 1 saturated heterocycles. The molecule has 0 saturated carbocycles. The molecule has 1 amide bonds. The van der Waals surface area contributed by atoms with Gasteiger partial charge in [-0.15, -0.1) is 0 Å². The maximum absolute atomic E-state index is 12.9. The van der Waals surface area contributed by atoms with E-state index in [-0.39, 0.29) is 17.9 Å². The van der Waals surface area contributed by atoms with Crippen molar-refractivity contribution in [1.82, 2.24) is 4.90 Å². The van der Waals surface area contributed by atoms with E-state index in [1.165, 1.54) is 23.8 Å². The second-order valence-corrected chi connectivity index (χ2v) is 8.51. The Hall–Kier alpha value is -2.30. The molecule has 3 atom stereocenters. The average molecular weight is 371 g/mol. The first kappa shape index (κ1) is 19.5. The van der Waals surface area contributed by atoms with Gasteiger partial charge < -0.3 is 9.47 Å². The molecular weight excluding hydrogens is 342 g/mol. The van der Waals surface area contributed by atoms with Crippen LogP contribution in [0.25, 0.3) is 5.57 Å². The standard InChI is InChI=1S/C22H29NO4/c1-14-7-6-8-15(11-14)16-9-10-17-13-19(20(24)26-5)23(18(17)12-16)21(25)27-22(2,3)4/h6-8,11-12,17-19H,9-10,13H2,1-5H3/t17-,18-,19-/m0/s1. The minimum Gasteiger partial charge on any atom is -0.467 e. The third-order valence-electron chi connectivity index (χ3n) is 5.29. The van der Waals surface area contributed by atoms with Crippen molar-refractivity contribution >= 4 is 17.6 Å². The molecule has 1 aliphatic carbocycles. The summed E-state index contributed by atoms with van der Waals surface area (Å²) >= 11 is 0. The molecule has 0 aromatic heterocycles. The second kappa shape index (κ2) is 7.37. The number of ether oxygens (including phenoxy) is 2. The van der Waals surface area contributed by atoms with Gasteiger partial charge >= 0.3 is 12.1 Å². The fourth-order valence-electron chi connectivity index (χ4n) is 4.10. The van der Waals surface area contributed by atoms with Gasteiger partial charge in [-0.1, -0.05) is 35.9 Å². The van der Waals surface area contributed by atoms with Crippen LogP contribution in [-0.4, -0.2) is 41.8 Å². The first-order valence-electron chi connectivity index (χ1n) is 9.56. The van der Waals surface area contributed by atoms with Gasteiger partial charge in [0.1, 0.15) is 11.6 Å². The summed E-state index contributed by atoms with van der Waals surface area (Å²) in [7, 11) is 1.37. The van der Waals surface area contributed by atoms with Gasteiger partial charge in [0.05, 0.1) is 13.2 Å². The van der Waals surface area contributed by atoms with Crippen LogP contribution in [0.4, 0.5) is 4.79 Å². The van der Waals surface area contributed by atoms with E-state index >= 15 is 0 Å².